The van der Waals surface area contributed by atoms with E-state index >= 15 is 0 Å². The quantitative estimate of drug-likeness (QED) is 0.550. The number of nitrogens with two attached hydrogens (primary N) is 1. The third-order valence-corrected chi connectivity index (χ3v) is 4.71. The van der Waals surface area contributed by atoms with Crippen molar-refractivity contribution in [1.82, 2.24) is 20.4 Å². The SMILES string of the molecule is NC1(N2CCOCC2)N=C(Nc2ccccc2)NC(N2CCNCC2)=N1. The van der Waals surface area contributed by atoms with Gasteiger partial charge in [-0.25, -0.2) is 4.90 Å². The first-order chi connectivity index (χ1) is 12.7. The first kappa shape index (κ1) is 17.2. The van der Waals surface area contributed by atoms with Crippen molar-refractivity contribution in [3.63, 3.8) is 0 Å². The lowest BCUT2D eigenvalue weighted by Crippen LogP contribution is -2.64. The first-order valence-corrected chi connectivity index (χ1v) is 9.09. The Balaban J connectivity index is 1.60. The van der Waals surface area contributed by atoms with E-state index in [4.69, 9.17) is 20.5 Å². The highest BCUT2D eigenvalue weighted by Crippen LogP contribution is 2.19. The Morgan fingerprint density at radius 1 is 1.04 bits per heavy atom. The predicted molar refractivity (Wildman–Crippen MR) is 102 cm³/mol. The summed E-state index contributed by atoms with van der Waals surface area (Å²) in [5.41, 5.74) is 7.60. The number of anilines is 1. The molecule has 9 heteroatoms. The second kappa shape index (κ2) is 7.58. The lowest BCUT2D eigenvalue weighted by atomic mass is 10.3. The third kappa shape index (κ3) is 3.80. The Labute approximate surface area is 153 Å². The van der Waals surface area contributed by atoms with E-state index in [9.17, 15) is 0 Å². The smallest absolute Gasteiger partial charge is 0.271 e. The van der Waals surface area contributed by atoms with Crippen LogP contribution in [0.3, 0.4) is 0 Å². The van der Waals surface area contributed by atoms with E-state index in [1.165, 1.54) is 0 Å². The average molecular weight is 358 g/mol. The number of benzene rings is 1. The molecule has 2 saturated heterocycles. The topological polar surface area (TPSA) is 103 Å². The van der Waals surface area contributed by atoms with Crippen molar-refractivity contribution in [2.75, 3.05) is 57.8 Å². The van der Waals surface area contributed by atoms with Gasteiger partial charge in [-0.2, -0.15) is 9.98 Å². The number of para-hydroxylation sites is 1. The number of piperazine rings is 1. The summed E-state index contributed by atoms with van der Waals surface area (Å²) in [6.07, 6.45) is 0. The summed E-state index contributed by atoms with van der Waals surface area (Å²) < 4.78 is 5.46. The molecule has 0 saturated carbocycles. The standard InChI is InChI=1S/C17H26N8O/c18-17(25-10-12-26-13-11-25)22-15(20-14-4-2-1-3-5-14)21-16(23-17)24-8-6-19-7-9-24/h1-5,19H,6-13,18H2,(H2,20,21,22,23). The lowest BCUT2D eigenvalue weighted by molar-refractivity contribution is -0.0159. The van der Waals surface area contributed by atoms with E-state index in [0.717, 1.165) is 37.8 Å². The maximum absolute atomic E-state index is 6.65. The zero-order valence-electron chi connectivity index (χ0n) is 14.8. The second-order valence-corrected chi connectivity index (χ2v) is 6.54. The molecule has 3 aliphatic heterocycles. The number of hydrogen-bond donors (Lipinski definition) is 4. The van der Waals surface area contributed by atoms with Gasteiger partial charge in [-0.3, -0.25) is 11.1 Å². The number of nitrogens with zero attached hydrogens (tertiary/aromatic N) is 4. The van der Waals surface area contributed by atoms with Crippen LogP contribution in [0.4, 0.5) is 5.69 Å². The van der Waals surface area contributed by atoms with Gasteiger partial charge >= 0.3 is 0 Å². The van der Waals surface area contributed by atoms with Gasteiger partial charge in [-0.05, 0) is 12.1 Å². The van der Waals surface area contributed by atoms with Gasteiger partial charge in [0.2, 0.25) is 11.9 Å². The van der Waals surface area contributed by atoms with Gasteiger partial charge in [-0.15, -0.1) is 0 Å². The molecule has 26 heavy (non-hydrogen) atoms. The number of hydrogen-bond acceptors (Lipinski definition) is 9. The molecule has 0 radical (unpaired) electrons. The van der Waals surface area contributed by atoms with E-state index in [1.807, 2.05) is 30.3 Å². The number of nitrogens with one attached hydrogen (secondary N) is 3. The summed E-state index contributed by atoms with van der Waals surface area (Å²) in [7, 11) is 0. The largest absolute Gasteiger partial charge is 0.379 e. The molecular formula is C17H26N8O. The molecule has 0 amide bonds. The van der Waals surface area contributed by atoms with Crippen molar-refractivity contribution >= 4 is 17.6 Å². The minimum Gasteiger partial charge on any atom is -0.379 e. The summed E-state index contributed by atoms with van der Waals surface area (Å²) in [5, 5.41) is 10.00. The summed E-state index contributed by atoms with van der Waals surface area (Å²) in [6, 6.07) is 9.93. The zero-order chi connectivity index (χ0) is 17.8. The Morgan fingerprint density at radius 3 is 2.50 bits per heavy atom. The van der Waals surface area contributed by atoms with Crippen molar-refractivity contribution in [1.29, 1.82) is 0 Å². The van der Waals surface area contributed by atoms with Gasteiger partial charge in [0.05, 0.1) is 13.2 Å². The van der Waals surface area contributed by atoms with Crippen molar-refractivity contribution in [3.8, 4) is 0 Å². The molecule has 0 aliphatic carbocycles. The van der Waals surface area contributed by atoms with Crippen LogP contribution in [0.25, 0.3) is 0 Å². The Morgan fingerprint density at radius 2 is 1.77 bits per heavy atom. The molecule has 5 N–H and O–H groups in total. The van der Waals surface area contributed by atoms with Crippen LogP contribution in [0.5, 0.6) is 0 Å². The molecule has 0 spiro atoms. The van der Waals surface area contributed by atoms with E-state index in [2.05, 4.69) is 25.8 Å². The predicted octanol–water partition coefficient (Wildman–Crippen LogP) is -0.779. The summed E-state index contributed by atoms with van der Waals surface area (Å²) in [4.78, 5) is 13.7. The van der Waals surface area contributed by atoms with E-state index in [0.29, 0.717) is 32.3 Å². The highest BCUT2D eigenvalue weighted by atomic mass is 16.5. The van der Waals surface area contributed by atoms with E-state index in [-0.39, 0.29) is 0 Å². The Bertz CT molecular complexity index is 667. The Kier molecular flexibility index (Phi) is 5.02. The molecule has 0 aromatic heterocycles. The molecule has 1 unspecified atom stereocenters. The molecule has 9 nitrogen and oxygen atoms in total. The van der Waals surface area contributed by atoms with Crippen LogP contribution in [0.15, 0.2) is 40.3 Å². The fourth-order valence-corrected chi connectivity index (χ4v) is 3.28. The van der Waals surface area contributed by atoms with Crippen LogP contribution in [0.2, 0.25) is 0 Å². The lowest BCUT2D eigenvalue weighted by Gasteiger charge is -2.41. The minimum absolute atomic E-state index is 0.605. The highest BCUT2D eigenvalue weighted by Gasteiger charge is 2.38. The van der Waals surface area contributed by atoms with Crippen LogP contribution in [-0.2, 0) is 4.74 Å². The normalized spacial score (nSPS) is 27.3. The van der Waals surface area contributed by atoms with Gasteiger partial charge in [-0.1, -0.05) is 18.2 Å². The zero-order valence-corrected chi connectivity index (χ0v) is 14.8. The molecule has 140 valence electrons. The molecule has 2 fully saturated rings. The van der Waals surface area contributed by atoms with Gasteiger partial charge in [0, 0.05) is 45.0 Å². The molecule has 1 aromatic carbocycles. The Hall–Kier alpha value is -2.20. The van der Waals surface area contributed by atoms with Crippen molar-refractivity contribution in [2.45, 2.75) is 5.91 Å². The van der Waals surface area contributed by atoms with Gasteiger partial charge in [0.15, 0.2) is 0 Å². The van der Waals surface area contributed by atoms with Crippen LogP contribution < -0.4 is 21.7 Å². The third-order valence-electron chi connectivity index (χ3n) is 4.71. The average Bonchev–Trinajstić information content (AvgIpc) is 2.70. The molecule has 1 atom stereocenters. The number of rotatable bonds is 2. The van der Waals surface area contributed by atoms with Crippen LogP contribution in [-0.4, -0.2) is 80.1 Å². The van der Waals surface area contributed by atoms with E-state index < -0.39 is 5.91 Å². The molecule has 0 bridgehead atoms. The van der Waals surface area contributed by atoms with Crippen molar-refractivity contribution in [2.24, 2.45) is 15.7 Å². The monoisotopic (exact) mass is 358 g/mol. The minimum atomic E-state index is -1.13. The molecule has 1 aromatic rings. The fourth-order valence-electron chi connectivity index (χ4n) is 3.28. The van der Waals surface area contributed by atoms with Gasteiger partial charge in [0.1, 0.15) is 0 Å². The number of morpholine rings is 1. The summed E-state index contributed by atoms with van der Waals surface area (Å²) >= 11 is 0. The number of guanidine groups is 2. The first-order valence-electron chi connectivity index (χ1n) is 9.09. The number of aliphatic imine (C=N–C) groups is 2. The second-order valence-electron chi connectivity index (χ2n) is 6.54. The summed E-state index contributed by atoms with van der Waals surface area (Å²) in [6.45, 7) is 6.30. The number of ether oxygens (including phenoxy) is 1. The van der Waals surface area contributed by atoms with Crippen LogP contribution in [0.1, 0.15) is 0 Å². The van der Waals surface area contributed by atoms with Crippen molar-refractivity contribution < 1.29 is 4.74 Å². The van der Waals surface area contributed by atoms with Crippen molar-refractivity contribution in [3.05, 3.63) is 30.3 Å². The van der Waals surface area contributed by atoms with Gasteiger partial charge < -0.3 is 20.3 Å². The fraction of sp³-hybridized carbons (Fsp3) is 0.529. The van der Waals surface area contributed by atoms with Crippen LogP contribution >= 0.6 is 0 Å². The summed E-state index contributed by atoms with van der Waals surface area (Å²) in [5.74, 6) is 0.231. The molecule has 3 heterocycles. The highest BCUT2D eigenvalue weighted by molar-refractivity contribution is 6.06. The van der Waals surface area contributed by atoms with Gasteiger partial charge in [0.25, 0.3) is 5.91 Å². The van der Waals surface area contributed by atoms with Crippen LogP contribution in [0, 0.1) is 0 Å². The maximum atomic E-state index is 6.65. The molecule has 3 aliphatic rings. The van der Waals surface area contributed by atoms with E-state index in [1.54, 1.807) is 0 Å². The molecular weight excluding hydrogens is 332 g/mol. The molecule has 4 rings (SSSR count). The maximum Gasteiger partial charge on any atom is 0.271 e.